The van der Waals surface area contributed by atoms with Crippen LogP contribution in [-0.4, -0.2) is 36.9 Å². The molecule has 0 bridgehead atoms. The molecule has 0 aromatic heterocycles. The van der Waals surface area contributed by atoms with Crippen molar-refractivity contribution in [2.24, 2.45) is 0 Å². The van der Waals surface area contributed by atoms with E-state index >= 15 is 0 Å². The molecule has 1 atom stereocenters. The predicted octanol–water partition coefficient (Wildman–Crippen LogP) is 0.756. The third-order valence-corrected chi connectivity index (χ3v) is 3.02. The molecule has 1 unspecified atom stereocenters. The summed E-state index contributed by atoms with van der Waals surface area (Å²) in [4.78, 5) is 35.3. The lowest BCUT2D eigenvalue weighted by molar-refractivity contribution is -0.126. The number of carbonyl (C=O) groups is 3. The van der Waals surface area contributed by atoms with Crippen molar-refractivity contribution in [3.8, 4) is 0 Å². The molecule has 0 saturated carbocycles. The van der Waals surface area contributed by atoms with Crippen LogP contribution in [0.2, 0.25) is 0 Å². The summed E-state index contributed by atoms with van der Waals surface area (Å²) in [5.74, 6) is -0.957. The third-order valence-electron chi connectivity index (χ3n) is 3.02. The third kappa shape index (κ3) is 5.95. The van der Waals surface area contributed by atoms with E-state index in [1.807, 2.05) is 19.9 Å². The molecule has 0 radical (unpaired) electrons. The fourth-order valence-corrected chi connectivity index (χ4v) is 1.78. The average molecular weight is 305 g/mol. The normalized spacial score (nSPS) is 11.4. The second-order valence-corrected chi connectivity index (χ2v) is 5.13. The Kier molecular flexibility index (Phi) is 7.08. The van der Waals surface area contributed by atoms with Crippen LogP contribution in [-0.2, 0) is 9.59 Å². The smallest absolute Gasteiger partial charge is 0.251 e. The van der Waals surface area contributed by atoms with Gasteiger partial charge in [-0.3, -0.25) is 14.4 Å². The maximum Gasteiger partial charge on any atom is 0.251 e. The van der Waals surface area contributed by atoms with Gasteiger partial charge in [0, 0.05) is 12.1 Å². The molecule has 0 heterocycles. The van der Waals surface area contributed by atoms with Crippen LogP contribution in [0.5, 0.6) is 0 Å². The molecule has 6 nitrogen and oxygen atoms in total. The van der Waals surface area contributed by atoms with Crippen molar-refractivity contribution in [2.75, 3.05) is 13.1 Å². The first kappa shape index (κ1) is 17.7. The van der Waals surface area contributed by atoms with Crippen LogP contribution >= 0.6 is 0 Å². The highest BCUT2D eigenvalue weighted by Gasteiger charge is 2.17. The molecule has 22 heavy (non-hydrogen) atoms. The van der Waals surface area contributed by atoms with Crippen LogP contribution < -0.4 is 16.0 Å². The fraction of sp³-hybridized carbons (Fsp3) is 0.438. The lowest BCUT2D eigenvalue weighted by Crippen LogP contribution is -2.47. The molecule has 0 spiro atoms. The van der Waals surface area contributed by atoms with Crippen LogP contribution in [0, 0.1) is 6.92 Å². The highest BCUT2D eigenvalue weighted by atomic mass is 16.2. The Morgan fingerprint density at radius 1 is 1.18 bits per heavy atom. The Hall–Kier alpha value is -2.37. The molecule has 120 valence electrons. The molecule has 1 rings (SSSR count). The van der Waals surface area contributed by atoms with Crippen molar-refractivity contribution in [3.63, 3.8) is 0 Å². The first-order valence-corrected chi connectivity index (χ1v) is 7.36. The maximum absolute atomic E-state index is 12.0. The van der Waals surface area contributed by atoms with Gasteiger partial charge in [0.1, 0.15) is 6.04 Å². The first-order chi connectivity index (χ1) is 10.4. The van der Waals surface area contributed by atoms with Crippen LogP contribution in [0.4, 0.5) is 0 Å². The first-order valence-electron chi connectivity index (χ1n) is 7.36. The van der Waals surface area contributed by atoms with Crippen molar-refractivity contribution < 1.29 is 14.4 Å². The Bertz CT molecular complexity index is 543. The van der Waals surface area contributed by atoms with Gasteiger partial charge in [-0.25, -0.2) is 0 Å². The van der Waals surface area contributed by atoms with Gasteiger partial charge in [-0.05, 0) is 32.4 Å². The summed E-state index contributed by atoms with van der Waals surface area (Å²) in [5.41, 5.74) is 1.47. The monoisotopic (exact) mass is 305 g/mol. The van der Waals surface area contributed by atoms with E-state index in [9.17, 15) is 14.4 Å². The van der Waals surface area contributed by atoms with E-state index < -0.39 is 11.9 Å². The van der Waals surface area contributed by atoms with Gasteiger partial charge in [-0.2, -0.15) is 0 Å². The van der Waals surface area contributed by atoms with Gasteiger partial charge in [-0.15, -0.1) is 0 Å². The molecular formula is C16H23N3O3. The molecule has 0 fully saturated rings. The summed E-state index contributed by atoms with van der Waals surface area (Å²) < 4.78 is 0. The second kappa shape index (κ2) is 8.81. The lowest BCUT2D eigenvalue weighted by Gasteiger charge is -2.14. The van der Waals surface area contributed by atoms with E-state index in [1.165, 1.54) is 0 Å². The number of hydrogen-bond donors (Lipinski definition) is 3. The van der Waals surface area contributed by atoms with Gasteiger partial charge >= 0.3 is 0 Å². The molecule has 0 aliphatic heterocycles. The number of nitrogens with one attached hydrogen (secondary N) is 3. The largest absolute Gasteiger partial charge is 0.355 e. The minimum atomic E-state index is -0.716. The second-order valence-electron chi connectivity index (χ2n) is 5.13. The number of aryl methyl sites for hydroxylation is 1. The Balaban J connectivity index is 2.43. The van der Waals surface area contributed by atoms with Gasteiger partial charge in [0.2, 0.25) is 11.8 Å². The highest BCUT2D eigenvalue weighted by molar-refractivity contribution is 5.98. The van der Waals surface area contributed by atoms with Crippen LogP contribution in [0.1, 0.15) is 36.2 Å². The van der Waals surface area contributed by atoms with Crippen LogP contribution in [0.3, 0.4) is 0 Å². The number of benzene rings is 1. The minimum absolute atomic E-state index is 0.0938. The highest BCUT2D eigenvalue weighted by Crippen LogP contribution is 2.04. The van der Waals surface area contributed by atoms with Crippen molar-refractivity contribution in [2.45, 2.75) is 33.2 Å². The zero-order valence-electron chi connectivity index (χ0n) is 13.2. The lowest BCUT2D eigenvalue weighted by atomic mass is 10.1. The van der Waals surface area contributed by atoms with Gasteiger partial charge in [0.05, 0.1) is 6.54 Å². The van der Waals surface area contributed by atoms with E-state index in [2.05, 4.69) is 16.0 Å². The summed E-state index contributed by atoms with van der Waals surface area (Å²) >= 11 is 0. The van der Waals surface area contributed by atoms with E-state index in [-0.39, 0.29) is 18.4 Å². The van der Waals surface area contributed by atoms with E-state index in [0.29, 0.717) is 12.1 Å². The molecule has 3 N–H and O–H groups in total. The van der Waals surface area contributed by atoms with Crippen molar-refractivity contribution >= 4 is 17.7 Å². The zero-order chi connectivity index (χ0) is 16.5. The van der Waals surface area contributed by atoms with Crippen molar-refractivity contribution in [3.05, 3.63) is 35.4 Å². The summed E-state index contributed by atoms with van der Waals surface area (Å²) in [6.07, 6.45) is 0.836. The molecule has 6 heteroatoms. The molecule has 0 aliphatic carbocycles. The fourth-order valence-electron chi connectivity index (χ4n) is 1.78. The van der Waals surface area contributed by atoms with Gasteiger partial charge < -0.3 is 16.0 Å². The van der Waals surface area contributed by atoms with E-state index in [0.717, 1.165) is 12.0 Å². The summed E-state index contributed by atoms with van der Waals surface area (Å²) in [6.45, 7) is 5.90. The number of hydrogen-bond acceptors (Lipinski definition) is 3. The van der Waals surface area contributed by atoms with E-state index in [1.54, 1.807) is 25.1 Å². The van der Waals surface area contributed by atoms with Gasteiger partial charge in [-0.1, -0.05) is 24.6 Å². The Morgan fingerprint density at radius 3 is 2.55 bits per heavy atom. The molecular weight excluding hydrogens is 282 g/mol. The average Bonchev–Trinajstić information content (AvgIpc) is 2.50. The standard InChI is InChI=1S/C16H23N3O3/c1-4-8-17-14(20)10-18-15(21)12(3)19-16(22)13-7-5-6-11(2)9-13/h5-7,9,12H,4,8,10H2,1-3H3,(H,17,20)(H,18,21)(H,19,22). The number of carbonyl (C=O) groups excluding carboxylic acids is 3. The molecule has 1 aromatic rings. The number of rotatable bonds is 7. The van der Waals surface area contributed by atoms with Gasteiger partial charge in [0.15, 0.2) is 0 Å². The van der Waals surface area contributed by atoms with Crippen molar-refractivity contribution in [1.29, 1.82) is 0 Å². The molecule has 0 aliphatic rings. The molecule has 3 amide bonds. The van der Waals surface area contributed by atoms with Crippen molar-refractivity contribution in [1.82, 2.24) is 16.0 Å². The van der Waals surface area contributed by atoms with Gasteiger partial charge in [0.25, 0.3) is 5.91 Å². The topological polar surface area (TPSA) is 87.3 Å². The summed E-state index contributed by atoms with van der Waals surface area (Å²) in [7, 11) is 0. The molecule has 0 saturated heterocycles. The quantitative estimate of drug-likeness (QED) is 0.695. The van der Waals surface area contributed by atoms with E-state index in [4.69, 9.17) is 0 Å². The zero-order valence-corrected chi connectivity index (χ0v) is 13.2. The van der Waals surface area contributed by atoms with Crippen LogP contribution in [0.15, 0.2) is 24.3 Å². The Morgan fingerprint density at radius 2 is 1.91 bits per heavy atom. The summed E-state index contributed by atoms with van der Waals surface area (Å²) in [6, 6.07) is 6.39. The SMILES string of the molecule is CCCNC(=O)CNC(=O)C(C)NC(=O)c1cccc(C)c1. The number of amides is 3. The predicted molar refractivity (Wildman–Crippen MR) is 84.4 cm³/mol. The molecule has 1 aromatic carbocycles. The Labute approximate surface area is 130 Å². The minimum Gasteiger partial charge on any atom is -0.355 e. The maximum atomic E-state index is 12.0. The van der Waals surface area contributed by atoms with Crippen LogP contribution in [0.25, 0.3) is 0 Å². The summed E-state index contributed by atoms with van der Waals surface area (Å²) in [5, 5.41) is 7.76.